The highest BCUT2D eigenvalue weighted by atomic mass is 19.4. The fraction of sp³-hybridized carbons (Fsp3) is 0.667. The number of likely N-dealkylation sites (tertiary alicyclic amines) is 1. The number of carbonyl (C=O) groups is 2. The largest absolute Gasteiger partial charge is 0.490 e. The Balaban J connectivity index is 0.000000339. The van der Waals surface area contributed by atoms with E-state index in [-0.39, 0.29) is 11.7 Å². The number of amides is 1. The second-order valence-corrected chi connectivity index (χ2v) is 8.32. The lowest BCUT2D eigenvalue weighted by Crippen LogP contribution is -2.50. The second kappa shape index (κ2) is 9.95. The van der Waals surface area contributed by atoms with E-state index in [1.807, 2.05) is 23.1 Å². The molecule has 1 saturated carbocycles. The van der Waals surface area contributed by atoms with E-state index in [0.29, 0.717) is 25.0 Å². The topological polar surface area (TPSA) is 89.0 Å². The highest BCUT2D eigenvalue weighted by molar-refractivity contribution is 5.77. The first kappa shape index (κ1) is 23.5. The summed E-state index contributed by atoms with van der Waals surface area (Å²) in [5.74, 6) is -1.79. The van der Waals surface area contributed by atoms with E-state index in [4.69, 9.17) is 19.4 Å². The molecule has 1 aromatic rings. The van der Waals surface area contributed by atoms with Crippen molar-refractivity contribution in [2.45, 2.75) is 63.0 Å². The van der Waals surface area contributed by atoms with Gasteiger partial charge in [-0.05, 0) is 43.7 Å². The Kier molecular flexibility index (Phi) is 7.53. The van der Waals surface area contributed by atoms with E-state index in [1.165, 1.54) is 12.8 Å². The highest BCUT2D eigenvalue weighted by Gasteiger charge is 2.45. The Labute approximate surface area is 178 Å². The molecule has 4 rings (SSSR count). The standard InChI is InChI=1S/C19H26N2O3.C2HF3O2/c22-18(10-15-5-6-15)21-9-3-7-19(14-21)11-17(13-24-19)23-12-16-4-1-2-8-20-16;3-2(4,5)1(6)7/h1-2,4,8,15,17H,3,5-7,9-14H2;(H,6,7)/t17-,19+;/m1./s1. The summed E-state index contributed by atoms with van der Waals surface area (Å²) in [6, 6.07) is 5.86. The predicted octanol–water partition coefficient (Wildman–Crippen LogP) is 3.18. The first-order valence-electron chi connectivity index (χ1n) is 10.4. The maximum absolute atomic E-state index is 12.4. The normalized spacial score (nSPS) is 25.8. The molecule has 0 unspecified atom stereocenters. The number of carbonyl (C=O) groups excluding carboxylic acids is 1. The molecule has 1 spiro atoms. The van der Waals surface area contributed by atoms with Gasteiger partial charge in [0.1, 0.15) is 0 Å². The monoisotopic (exact) mass is 444 g/mol. The summed E-state index contributed by atoms with van der Waals surface area (Å²) in [4.78, 5) is 27.6. The van der Waals surface area contributed by atoms with Crippen LogP contribution in [-0.2, 0) is 25.7 Å². The molecular formula is C21H27F3N2O5. The number of halogens is 3. The molecule has 3 fully saturated rings. The molecule has 1 aromatic heterocycles. The van der Waals surface area contributed by atoms with E-state index in [9.17, 15) is 18.0 Å². The smallest absolute Gasteiger partial charge is 0.475 e. The van der Waals surface area contributed by atoms with Crippen LogP contribution in [-0.4, -0.2) is 64.4 Å². The lowest BCUT2D eigenvalue weighted by molar-refractivity contribution is -0.192. The molecule has 7 nitrogen and oxygen atoms in total. The third kappa shape index (κ3) is 7.17. The van der Waals surface area contributed by atoms with Gasteiger partial charge in [-0.15, -0.1) is 0 Å². The molecule has 172 valence electrons. The van der Waals surface area contributed by atoms with Crippen molar-refractivity contribution in [2.75, 3.05) is 19.7 Å². The number of ether oxygens (including phenoxy) is 2. The maximum atomic E-state index is 12.4. The van der Waals surface area contributed by atoms with Crippen LogP contribution in [0.4, 0.5) is 13.2 Å². The van der Waals surface area contributed by atoms with Gasteiger partial charge < -0.3 is 19.5 Å². The van der Waals surface area contributed by atoms with Crippen LogP contribution in [0.3, 0.4) is 0 Å². The van der Waals surface area contributed by atoms with Crippen LogP contribution >= 0.6 is 0 Å². The van der Waals surface area contributed by atoms with E-state index in [0.717, 1.165) is 44.5 Å². The molecule has 1 amide bonds. The minimum Gasteiger partial charge on any atom is -0.475 e. The predicted molar refractivity (Wildman–Crippen MR) is 103 cm³/mol. The Hall–Kier alpha value is -2.20. The fourth-order valence-electron chi connectivity index (χ4n) is 3.89. The van der Waals surface area contributed by atoms with Gasteiger partial charge in [0.05, 0.1) is 30.6 Å². The van der Waals surface area contributed by atoms with Crippen molar-refractivity contribution in [3.63, 3.8) is 0 Å². The van der Waals surface area contributed by atoms with E-state index >= 15 is 0 Å². The number of piperidine rings is 1. The Morgan fingerprint density at radius 2 is 2.06 bits per heavy atom. The zero-order valence-corrected chi connectivity index (χ0v) is 17.1. The van der Waals surface area contributed by atoms with Crippen molar-refractivity contribution >= 4 is 11.9 Å². The third-order valence-corrected chi connectivity index (χ3v) is 5.66. The molecule has 3 aliphatic rings. The second-order valence-electron chi connectivity index (χ2n) is 8.32. The van der Waals surface area contributed by atoms with Crippen molar-refractivity contribution in [1.29, 1.82) is 0 Å². The number of hydrogen-bond acceptors (Lipinski definition) is 5. The zero-order valence-electron chi connectivity index (χ0n) is 17.1. The molecule has 1 N–H and O–H groups in total. The molecular weight excluding hydrogens is 417 g/mol. The van der Waals surface area contributed by atoms with Gasteiger partial charge in [-0.3, -0.25) is 9.78 Å². The van der Waals surface area contributed by atoms with Crippen LogP contribution in [0.1, 0.15) is 44.2 Å². The summed E-state index contributed by atoms with van der Waals surface area (Å²) in [6.07, 6.45) is 2.94. The summed E-state index contributed by atoms with van der Waals surface area (Å²) in [5.41, 5.74) is 0.759. The molecule has 31 heavy (non-hydrogen) atoms. The number of carboxylic acids is 1. The summed E-state index contributed by atoms with van der Waals surface area (Å²) in [7, 11) is 0. The van der Waals surface area contributed by atoms with Crippen molar-refractivity contribution < 1.29 is 37.3 Å². The van der Waals surface area contributed by atoms with Crippen LogP contribution in [0.2, 0.25) is 0 Å². The van der Waals surface area contributed by atoms with Crippen LogP contribution in [0.15, 0.2) is 24.4 Å². The minimum atomic E-state index is -5.08. The summed E-state index contributed by atoms with van der Waals surface area (Å²) >= 11 is 0. The zero-order chi connectivity index (χ0) is 22.5. The number of rotatable bonds is 5. The molecule has 2 atom stereocenters. The van der Waals surface area contributed by atoms with Crippen LogP contribution in [0.25, 0.3) is 0 Å². The van der Waals surface area contributed by atoms with Crippen LogP contribution in [0, 0.1) is 5.92 Å². The summed E-state index contributed by atoms with van der Waals surface area (Å²) in [5, 5.41) is 7.12. The Bertz CT molecular complexity index is 757. The Morgan fingerprint density at radius 3 is 2.68 bits per heavy atom. The number of hydrogen-bond donors (Lipinski definition) is 1. The number of aromatic nitrogens is 1. The minimum absolute atomic E-state index is 0.102. The van der Waals surface area contributed by atoms with Crippen LogP contribution in [0.5, 0.6) is 0 Å². The van der Waals surface area contributed by atoms with Gasteiger partial charge in [-0.2, -0.15) is 13.2 Å². The molecule has 2 aliphatic heterocycles. The average molecular weight is 444 g/mol. The lowest BCUT2D eigenvalue weighted by Gasteiger charge is -2.39. The van der Waals surface area contributed by atoms with Gasteiger partial charge in [0.25, 0.3) is 0 Å². The number of aliphatic carboxylic acids is 1. The van der Waals surface area contributed by atoms with Crippen molar-refractivity contribution in [3.8, 4) is 0 Å². The number of pyridine rings is 1. The fourth-order valence-corrected chi connectivity index (χ4v) is 3.89. The number of nitrogens with zero attached hydrogens (tertiary/aromatic N) is 2. The molecule has 10 heteroatoms. The van der Waals surface area contributed by atoms with Gasteiger partial charge in [0.15, 0.2) is 0 Å². The van der Waals surface area contributed by atoms with Gasteiger partial charge in [-0.25, -0.2) is 4.79 Å². The average Bonchev–Trinajstić information content (AvgIpc) is 3.47. The SMILES string of the molecule is O=C(CC1CC1)N1CCC[C@]2(C[C@@H](OCc3ccccn3)CO2)C1.O=C(O)C(F)(F)F. The van der Waals surface area contributed by atoms with Gasteiger partial charge in [0, 0.05) is 32.1 Å². The van der Waals surface area contributed by atoms with Gasteiger partial charge in [0.2, 0.25) is 5.91 Å². The highest BCUT2D eigenvalue weighted by Crippen LogP contribution is 2.38. The molecule has 3 heterocycles. The number of alkyl halides is 3. The molecule has 0 aromatic carbocycles. The Morgan fingerprint density at radius 1 is 1.32 bits per heavy atom. The van der Waals surface area contributed by atoms with Crippen molar-refractivity contribution in [2.24, 2.45) is 5.92 Å². The molecule has 0 bridgehead atoms. The molecule has 0 radical (unpaired) electrons. The van der Waals surface area contributed by atoms with Gasteiger partial charge >= 0.3 is 12.1 Å². The van der Waals surface area contributed by atoms with Crippen molar-refractivity contribution in [1.82, 2.24) is 9.88 Å². The van der Waals surface area contributed by atoms with E-state index in [2.05, 4.69) is 4.98 Å². The van der Waals surface area contributed by atoms with E-state index in [1.54, 1.807) is 6.20 Å². The first-order chi connectivity index (χ1) is 14.7. The van der Waals surface area contributed by atoms with Crippen molar-refractivity contribution in [3.05, 3.63) is 30.1 Å². The molecule has 2 saturated heterocycles. The quantitative estimate of drug-likeness (QED) is 0.751. The van der Waals surface area contributed by atoms with Crippen LogP contribution < -0.4 is 0 Å². The lowest BCUT2D eigenvalue weighted by atomic mass is 9.89. The summed E-state index contributed by atoms with van der Waals surface area (Å²) in [6.45, 7) is 2.77. The molecule has 1 aliphatic carbocycles. The number of carboxylic acid groups (broad SMARTS) is 1. The van der Waals surface area contributed by atoms with Gasteiger partial charge in [-0.1, -0.05) is 6.07 Å². The maximum Gasteiger partial charge on any atom is 0.490 e. The summed E-state index contributed by atoms with van der Waals surface area (Å²) < 4.78 is 43.9. The van der Waals surface area contributed by atoms with E-state index < -0.39 is 12.1 Å². The third-order valence-electron chi connectivity index (χ3n) is 5.66. The first-order valence-corrected chi connectivity index (χ1v) is 10.4.